The van der Waals surface area contributed by atoms with Crippen molar-refractivity contribution in [2.45, 2.75) is 31.9 Å². The molecule has 0 unspecified atom stereocenters. The number of nitrogens with one attached hydrogen (secondary N) is 1. The minimum atomic E-state index is -0.299. The fourth-order valence-corrected chi connectivity index (χ4v) is 1.20. The van der Waals surface area contributed by atoms with Crippen LogP contribution in [0.5, 0.6) is 0 Å². The normalized spacial score (nSPS) is 31.1. The molecule has 0 aromatic carbocycles. The zero-order valence-electron chi connectivity index (χ0n) is 7.05. The number of rotatable bonds is 4. The number of aliphatic hydroxyl groups is 1. The van der Waals surface area contributed by atoms with E-state index in [9.17, 15) is 5.11 Å². The van der Waals surface area contributed by atoms with Crippen molar-refractivity contribution in [3.05, 3.63) is 0 Å². The van der Waals surface area contributed by atoms with Crippen LogP contribution in [-0.2, 0) is 4.74 Å². The molecule has 1 fully saturated rings. The van der Waals surface area contributed by atoms with E-state index in [1.807, 2.05) is 0 Å². The summed E-state index contributed by atoms with van der Waals surface area (Å²) in [6, 6.07) is 0.168. The van der Waals surface area contributed by atoms with Crippen molar-refractivity contribution >= 4 is 0 Å². The van der Waals surface area contributed by atoms with Crippen molar-refractivity contribution in [1.82, 2.24) is 5.32 Å². The predicted molar refractivity (Wildman–Crippen MR) is 43.5 cm³/mol. The van der Waals surface area contributed by atoms with E-state index in [1.54, 1.807) is 0 Å². The van der Waals surface area contributed by atoms with Gasteiger partial charge in [0.2, 0.25) is 0 Å². The second-order valence-electron chi connectivity index (χ2n) is 3.02. The highest BCUT2D eigenvalue weighted by Crippen LogP contribution is 2.04. The summed E-state index contributed by atoms with van der Waals surface area (Å²) in [4.78, 5) is 0. The molecule has 0 aromatic rings. The molecule has 2 atom stereocenters. The molecule has 1 aliphatic heterocycles. The van der Waals surface area contributed by atoms with E-state index < -0.39 is 0 Å². The molecule has 0 aromatic heterocycles. The Kier molecular flexibility index (Phi) is 3.83. The second kappa shape index (κ2) is 4.70. The first kappa shape index (κ1) is 8.97. The van der Waals surface area contributed by atoms with E-state index >= 15 is 0 Å². The van der Waals surface area contributed by atoms with Crippen LogP contribution in [0.3, 0.4) is 0 Å². The van der Waals surface area contributed by atoms with Crippen molar-refractivity contribution in [1.29, 1.82) is 0 Å². The zero-order valence-corrected chi connectivity index (χ0v) is 7.05. The Morgan fingerprint density at radius 3 is 2.91 bits per heavy atom. The molecule has 1 rings (SSSR count). The fraction of sp³-hybridized carbons (Fsp3) is 1.00. The summed E-state index contributed by atoms with van der Waals surface area (Å²) in [5.74, 6) is 0. The van der Waals surface area contributed by atoms with Crippen LogP contribution in [0.1, 0.15) is 19.8 Å². The lowest BCUT2D eigenvalue weighted by Gasteiger charge is -2.13. The lowest BCUT2D eigenvalue weighted by Crippen LogP contribution is -2.39. The Labute approximate surface area is 67.7 Å². The van der Waals surface area contributed by atoms with Gasteiger partial charge in [0.25, 0.3) is 0 Å². The van der Waals surface area contributed by atoms with Gasteiger partial charge in [0.15, 0.2) is 0 Å². The highest BCUT2D eigenvalue weighted by Gasteiger charge is 2.24. The third-order valence-electron chi connectivity index (χ3n) is 1.99. The number of unbranched alkanes of at least 4 members (excludes halogenated alkanes) is 1. The van der Waals surface area contributed by atoms with E-state index in [1.165, 1.54) is 12.8 Å². The van der Waals surface area contributed by atoms with Gasteiger partial charge in [0.05, 0.1) is 25.4 Å². The van der Waals surface area contributed by atoms with Crippen LogP contribution in [0.2, 0.25) is 0 Å². The molecule has 1 saturated heterocycles. The minimum absolute atomic E-state index is 0.168. The quantitative estimate of drug-likeness (QED) is 0.573. The summed E-state index contributed by atoms with van der Waals surface area (Å²) in [6.07, 6.45) is 2.06. The number of hydrogen-bond acceptors (Lipinski definition) is 3. The van der Waals surface area contributed by atoms with Gasteiger partial charge in [-0.1, -0.05) is 13.3 Å². The van der Waals surface area contributed by atoms with E-state index in [2.05, 4.69) is 12.2 Å². The summed E-state index contributed by atoms with van der Waals surface area (Å²) in [5, 5.41) is 12.6. The maximum atomic E-state index is 9.30. The Morgan fingerprint density at radius 1 is 1.55 bits per heavy atom. The molecule has 0 bridgehead atoms. The standard InChI is InChI=1S/C8H17NO2/c1-2-3-4-9-7-5-11-6-8(7)10/h7-10H,2-6H2,1H3/t7-,8-/m1/s1. The highest BCUT2D eigenvalue weighted by atomic mass is 16.5. The van der Waals surface area contributed by atoms with Gasteiger partial charge in [-0.15, -0.1) is 0 Å². The molecule has 2 N–H and O–H groups in total. The third kappa shape index (κ3) is 2.77. The van der Waals surface area contributed by atoms with Crippen molar-refractivity contribution in [2.75, 3.05) is 19.8 Å². The van der Waals surface area contributed by atoms with E-state index in [0.29, 0.717) is 13.2 Å². The number of aliphatic hydroxyl groups excluding tert-OH is 1. The van der Waals surface area contributed by atoms with Crippen LogP contribution >= 0.6 is 0 Å². The Balaban J connectivity index is 2.05. The van der Waals surface area contributed by atoms with Gasteiger partial charge >= 0.3 is 0 Å². The van der Waals surface area contributed by atoms with Gasteiger partial charge in [-0.3, -0.25) is 0 Å². The molecule has 0 radical (unpaired) electrons. The monoisotopic (exact) mass is 159 g/mol. The van der Waals surface area contributed by atoms with Crippen LogP contribution in [0, 0.1) is 0 Å². The van der Waals surface area contributed by atoms with Crippen molar-refractivity contribution in [3.8, 4) is 0 Å². The Hall–Kier alpha value is -0.120. The van der Waals surface area contributed by atoms with Crippen LogP contribution in [0.15, 0.2) is 0 Å². The Morgan fingerprint density at radius 2 is 2.36 bits per heavy atom. The van der Waals surface area contributed by atoms with Gasteiger partial charge in [0.1, 0.15) is 0 Å². The minimum Gasteiger partial charge on any atom is -0.389 e. The van der Waals surface area contributed by atoms with Crippen LogP contribution in [-0.4, -0.2) is 37.0 Å². The van der Waals surface area contributed by atoms with Crippen molar-refractivity contribution < 1.29 is 9.84 Å². The SMILES string of the molecule is CCCCN[C@@H]1COC[C@H]1O. The molecule has 1 aliphatic rings. The zero-order chi connectivity index (χ0) is 8.10. The molecule has 0 spiro atoms. The van der Waals surface area contributed by atoms with Crippen molar-refractivity contribution in [2.24, 2.45) is 0 Å². The van der Waals surface area contributed by atoms with Crippen LogP contribution in [0.4, 0.5) is 0 Å². The topological polar surface area (TPSA) is 41.5 Å². The lowest BCUT2D eigenvalue weighted by atomic mass is 10.2. The third-order valence-corrected chi connectivity index (χ3v) is 1.99. The largest absolute Gasteiger partial charge is 0.389 e. The molecular weight excluding hydrogens is 142 g/mol. The summed E-state index contributed by atoms with van der Waals surface area (Å²) in [6.45, 7) is 4.29. The smallest absolute Gasteiger partial charge is 0.0948 e. The number of hydrogen-bond donors (Lipinski definition) is 2. The van der Waals surface area contributed by atoms with E-state index in [-0.39, 0.29) is 12.1 Å². The molecule has 66 valence electrons. The summed E-state index contributed by atoms with van der Waals surface area (Å²) in [5.41, 5.74) is 0. The van der Waals surface area contributed by atoms with E-state index in [0.717, 1.165) is 6.54 Å². The average molecular weight is 159 g/mol. The lowest BCUT2D eigenvalue weighted by molar-refractivity contribution is 0.122. The molecular formula is C8H17NO2. The van der Waals surface area contributed by atoms with Gasteiger partial charge < -0.3 is 15.2 Å². The molecule has 0 aliphatic carbocycles. The number of ether oxygens (including phenoxy) is 1. The van der Waals surface area contributed by atoms with Gasteiger partial charge in [-0.05, 0) is 13.0 Å². The maximum absolute atomic E-state index is 9.30. The molecule has 0 saturated carbocycles. The van der Waals surface area contributed by atoms with Crippen LogP contribution in [0.25, 0.3) is 0 Å². The summed E-state index contributed by atoms with van der Waals surface area (Å²) >= 11 is 0. The highest BCUT2D eigenvalue weighted by molar-refractivity contribution is 4.80. The predicted octanol–water partition coefficient (Wildman–Crippen LogP) is 0.136. The average Bonchev–Trinajstić information content (AvgIpc) is 2.37. The van der Waals surface area contributed by atoms with Gasteiger partial charge in [-0.25, -0.2) is 0 Å². The fourth-order valence-electron chi connectivity index (χ4n) is 1.20. The first-order valence-electron chi connectivity index (χ1n) is 4.33. The van der Waals surface area contributed by atoms with E-state index in [4.69, 9.17) is 4.74 Å². The molecule has 3 heteroatoms. The van der Waals surface area contributed by atoms with Gasteiger partial charge in [0, 0.05) is 0 Å². The molecule has 0 amide bonds. The van der Waals surface area contributed by atoms with Crippen LogP contribution < -0.4 is 5.32 Å². The van der Waals surface area contributed by atoms with Gasteiger partial charge in [-0.2, -0.15) is 0 Å². The first-order valence-corrected chi connectivity index (χ1v) is 4.33. The summed E-state index contributed by atoms with van der Waals surface area (Å²) < 4.78 is 5.09. The molecule has 3 nitrogen and oxygen atoms in total. The second-order valence-corrected chi connectivity index (χ2v) is 3.02. The molecule has 11 heavy (non-hydrogen) atoms. The maximum Gasteiger partial charge on any atom is 0.0948 e. The first-order chi connectivity index (χ1) is 5.34. The molecule has 1 heterocycles. The Bertz CT molecular complexity index is 108. The summed E-state index contributed by atoms with van der Waals surface area (Å²) in [7, 11) is 0. The van der Waals surface area contributed by atoms with Crippen molar-refractivity contribution in [3.63, 3.8) is 0 Å².